The summed E-state index contributed by atoms with van der Waals surface area (Å²) in [6.45, 7) is 0.964. The molecule has 1 aliphatic carbocycles. The Labute approximate surface area is 95.3 Å². The third kappa shape index (κ3) is 2.82. The number of hydrogen-bond acceptors (Lipinski definition) is 2. The maximum Gasteiger partial charge on any atom is 0.223 e. The minimum atomic E-state index is -0.507. The zero-order chi connectivity index (χ0) is 11.4. The highest BCUT2D eigenvalue weighted by molar-refractivity contribution is 5.76. The van der Waals surface area contributed by atoms with Crippen molar-refractivity contribution in [2.45, 2.75) is 25.4 Å². The molecular formula is C12H18FNO2. The fourth-order valence-corrected chi connectivity index (χ4v) is 2.26. The molecule has 0 aromatic carbocycles. The number of nitrogens with zero attached hydrogens (tertiary/aromatic N) is 1. The summed E-state index contributed by atoms with van der Waals surface area (Å²) < 4.78 is 17.6. The summed E-state index contributed by atoms with van der Waals surface area (Å²) >= 11 is 0. The number of ether oxygens (including phenoxy) is 1. The minimum Gasteiger partial charge on any atom is -0.372 e. The largest absolute Gasteiger partial charge is 0.372 e. The average molecular weight is 227 g/mol. The second-order valence-electron chi connectivity index (χ2n) is 4.46. The van der Waals surface area contributed by atoms with Crippen LogP contribution in [0.15, 0.2) is 12.2 Å². The number of alkyl halides is 1. The molecule has 0 spiro atoms. The van der Waals surface area contributed by atoms with Gasteiger partial charge in [-0.05, 0) is 18.8 Å². The molecule has 16 heavy (non-hydrogen) atoms. The van der Waals surface area contributed by atoms with E-state index in [2.05, 4.69) is 12.2 Å². The summed E-state index contributed by atoms with van der Waals surface area (Å²) in [6.07, 6.45) is 6.54. The average Bonchev–Trinajstić information content (AvgIpc) is 2.82. The SMILES string of the molecule is O=C(CC1C=CCC1)N1CCOC(CF)C1. The number of amides is 1. The molecule has 3 nitrogen and oxygen atoms in total. The topological polar surface area (TPSA) is 29.5 Å². The molecule has 4 heteroatoms. The van der Waals surface area contributed by atoms with Gasteiger partial charge < -0.3 is 9.64 Å². The van der Waals surface area contributed by atoms with Crippen molar-refractivity contribution in [3.05, 3.63) is 12.2 Å². The van der Waals surface area contributed by atoms with Crippen molar-refractivity contribution in [2.24, 2.45) is 5.92 Å². The summed E-state index contributed by atoms with van der Waals surface area (Å²) in [5, 5.41) is 0. The van der Waals surface area contributed by atoms with Gasteiger partial charge in [-0.25, -0.2) is 4.39 Å². The van der Waals surface area contributed by atoms with E-state index in [0.29, 0.717) is 32.0 Å². The molecule has 1 saturated heterocycles. The lowest BCUT2D eigenvalue weighted by atomic mass is 10.0. The number of halogens is 1. The lowest BCUT2D eigenvalue weighted by molar-refractivity contribution is -0.140. The third-order valence-electron chi connectivity index (χ3n) is 3.21. The van der Waals surface area contributed by atoms with Crippen molar-refractivity contribution in [3.63, 3.8) is 0 Å². The van der Waals surface area contributed by atoms with Crippen LogP contribution in [0.3, 0.4) is 0 Å². The third-order valence-corrected chi connectivity index (χ3v) is 3.21. The number of rotatable bonds is 3. The summed E-state index contributed by atoms with van der Waals surface area (Å²) in [4.78, 5) is 13.7. The van der Waals surface area contributed by atoms with Crippen LogP contribution < -0.4 is 0 Å². The van der Waals surface area contributed by atoms with Crippen LogP contribution >= 0.6 is 0 Å². The molecule has 1 heterocycles. The maximum atomic E-state index is 12.4. The van der Waals surface area contributed by atoms with Crippen molar-refractivity contribution < 1.29 is 13.9 Å². The molecule has 0 radical (unpaired) electrons. The van der Waals surface area contributed by atoms with Crippen LogP contribution in [-0.4, -0.2) is 43.3 Å². The zero-order valence-corrected chi connectivity index (χ0v) is 9.40. The Morgan fingerprint density at radius 3 is 3.12 bits per heavy atom. The van der Waals surface area contributed by atoms with Gasteiger partial charge in [0.1, 0.15) is 12.8 Å². The van der Waals surface area contributed by atoms with E-state index in [1.54, 1.807) is 4.90 Å². The molecule has 1 aliphatic heterocycles. The Bertz CT molecular complexity index is 280. The van der Waals surface area contributed by atoms with Crippen molar-refractivity contribution in [1.82, 2.24) is 4.90 Å². The van der Waals surface area contributed by atoms with Crippen molar-refractivity contribution in [3.8, 4) is 0 Å². The minimum absolute atomic E-state index is 0.137. The van der Waals surface area contributed by atoms with E-state index < -0.39 is 12.8 Å². The van der Waals surface area contributed by atoms with Crippen molar-refractivity contribution >= 4 is 5.91 Å². The van der Waals surface area contributed by atoms with Gasteiger partial charge in [-0.3, -0.25) is 4.79 Å². The second kappa shape index (κ2) is 5.43. The normalized spacial score (nSPS) is 29.7. The first kappa shape index (κ1) is 11.6. The fraction of sp³-hybridized carbons (Fsp3) is 0.750. The highest BCUT2D eigenvalue weighted by Gasteiger charge is 2.25. The van der Waals surface area contributed by atoms with Gasteiger partial charge >= 0.3 is 0 Å². The van der Waals surface area contributed by atoms with Crippen LogP contribution in [-0.2, 0) is 9.53 Å². The van der Waals surface area contributed by atoms with E-state index in [1.807, 2.05) is 0 Å². The molecule has 90 valence electrons. The number of allylic oxidation sites excluding steroid dienone is 2. The van der Waals surface area contributed by atoms with E-state index in [4.69, 9.17) is 4.74 Å². The van der Waals surface area contributed by atoms with Gasteiger partial charge in [0, 0.05) is 19.5 Å². The van der Waals surface area contributed by atoms with E-state index in [0.717, 1.165) is 12.8 Å². The molecule has 0 bridgehead atoms. The Morgan fingerprint density at radius 2 is 2.44 bits per heavy atom. The Kier molecular flexibility index (Phi) is 3.93. The molecule has 0 N–H and O–H groups in total. The van der Waals surface area contributed by atoms with E-state index in [-0.39, 0.29) is 5.91 Å². The molecule has 2 unspecified atom stereocenters. The van der Waals surface area contributed by atoms with Crippen LogP contribution in [0.4, 0.5) is 4.39 Å². The molecule has 2 atom stereocenters. The smallest absolute Gasteiger partial charge is 0.223 e. The van der Waals surface area contributed by atoms with Crippen LogP contribution in [0, 0.1) is 5.92 Å². The maximum absolute atomic E-state index is 12.4. The van der Waals surface area contributed by atoms with E-state index in [1.165, 1.54) is 0 Å². The molecular weight excluding hydrogens is 209 g/mol. The number of morpholine rings is 1. The van der Waals surface area contributed by atoms with Crippen LogP contribution in [0.25, 0.3) is 0 Å². The first-order chi connectivity index (χ1) is 7.79. The summed E-state index contributed by atoms with van der Waals surface area (Å²) in [6, 6.07) is 0. The fourth-order valence-electron chi connectivity index (χ4n) is 2.26. The quantitative estimate of drug-likeness (QED) is 0.684. The van der Waals surface area contributed by atoms with Gasteiger partial charge in [-0.1, -0.05) is 12.2 Å². The Balaban J connectivity index is 1.81. The molecule has 1 amide bonds. The van der Waals surface area contributed by atoms with E-state index >= 15 is 0 Å². The summed E-state index contributed by atoms with van der Waals surface area (Å²) in [7, 11) is 0. The lowest BCUT2D eigenvalue weighted by Gasteiger charge is -2.32. The molecule has 0 aromatic heterocycles. The molecule has 0 aromatic rings. The number of carbonyl (C=O) groups is 1. The van der Waals surface area contributed by atoms with Gasteiger partial charge in [-0.2, -0.15) is 0 Å². The summed E-state index contributed by atoms with van der Waals surface area (Å²) in [5.41, 5.74) is 0. The predicted octanol–water partition coefficient (Wildman–Crippen LogP) is 1.54. The Hall–Kier alpha value is -0.900. The zero-order valence-electron chi connectivity index (χ0n) is 9.40. The first-order valence-corrected chi connectivity index (χ1v) is 5.91. The van der Waals surface area contributed by atoms with Gasteiger partial charge in [0.2, 0.25) is 5.91 Å². The van der Waals surface area contributed by atoms with E-state index in [9.17, 15) is 9.18 Å². The van der Waals surface area contributed by atoms with Gasteiger partial charge in [0.25, 0.3) is 0 Å². The standard InChI is InChI=1S/C12H18FNO2/c13-8-11-9-14(5-6-16-11)12(15)7-10-3-1-2-4-10/h1,3,10-11H,2,4-9H2. The number of carbonyl (C=O) groups excluding carboxylic acids is 1. The lowest BCUT2D eigenvalue weighted by Crippen LogP contribution is -2.46. The molecule has 2 rings (SSSR count). The first-order valence-electron chi connectivity index (χ1n) is 5.91. The second-order valence-corrected chi connectivity index (χ2v) is 4.46. The van der Waals surface area contributed by atoms with Crippen LogP contribution in [0.1, 0.15) is 19.3 Å². The molecule has 1 fully saturated rings. The van der Waals surface area contributed by atoms with Gasteiger partial charge in [0.15, 0.2) is 0 Å². The number of hydrogen-bond donors (Lipinski definition) is 0. The Morgan fingerprint density at radius 1 is 1.56 bits per heavy atom. The highest BCUT2D eigenvalue weighted by Crippen LogP contribution is 2.21. The van der Waals surface area contributed by atoms with Gasteiger partial charge in [0.05, 0.1) is 6.61 Å². The van der Waals surface area contributed by atoms with Crippen LogP contribution in [0.2, 0.25) is 0 Å². The van der Waals surface area contributed by atoms with Gasteiger partial charge in [-0.15, -0.1) is 0 Å². The molecule has 0 saturated carbocycles. The highest BCUT2D eigenvalue weighted by atomic mass is 19.1. The molecule has 2 aliphatic rings. The van der Waals surface area contributed by atoms with Crippen LogP contribution in [0.5, 0.6) is 0 Å². The summed E-state index contributed by atoms with van der Waals surface area (Å²) in [5.74, 6) is 0.525. The van der Waals surface area contributed by atoms with Crippen molar-refractivity contribution in [1.29, 1.82) is 0 Å². The van der Waals surface area contributed by atoms with Crippen molar-refractivity contribution in [2.75, 3.05) is 26.4 Å². The monoisotopic (exact) mass is 227 g/mol. The predicted molar refractivity (Wildman–Crippen MR) is 58.8 cm³/mol.